The molecule has 64 valence electrons. The minimum Gasteiger partial charge on any atom is -0.491 e. The minimum absolute atomic E-state index is 0.0202. The second kappa shape index (κ2) is 4.51. The Hall–Kier alpha value is -1.35. The molecule has 0 aliphatic heterocycles. The third-order valence-corrected chi connectivity index (χ3v) is 1.41. The molecule has 0 aliphatic rings. The van der Waals surface area contributed by atoms with Crippen molar-refractivity contribution in [2.75, 3.05) is 13.2 Å². The Bertz CT molecular complexity index is 243. The van der Waals surface area contributed by atoms with Crippen LogP contribution in [0.1, 0.15) is 5.56 Å². The van der Waals surface area contributed by atoms with E-state index in [0.29, 0.717) is 6.61 Å². The largest absolute Gasteiger partial charge is 0.491 e. The molecular weight excluding hydrogens is 154 g/mol. The molecule has 3 heteroatoms. The van der Waals surface area contributed by atoms with Gasteiger partial charge in [-0.2, -0.15) is 0 Å². The van der Waals surface area contributed by atoms with Gasteiger partial charge in [0.05, 0.1) is 6.61 Å². The number of hydrogen-bond donors (Lipinski definition) is 2. The van der Waals surface area contributed by atoms with Crippen molar-refractivity contribution < 1.29 is 9.84 Å². The molecule has 0 aliphatic carbocycles. The monoisotopic (exact) mass is 165 g/mol. The third kappa shape index (κ3) is 2.36. The predicted octanol–water partition coefficient (Wildman–Crippen LogP) is 1.06. The summed E-state index contributed by atoms with van der Waals surface area (Å²) in [5.41, 5.74) is 0.839. The van der Waals surface area contributed by atoms with Crippen LogP contribution in [0, 0.1) is 5.41 Å². The van der Waals surface area contributed by atoms with E-state index in [0.717, 1.165) is 11.3 Å². The van der Waals surface area contributed by atoms with Crippen molar-refractivity contribution in [2.24, 2.45) is 0 Å². The lowest BCUT2D eigenvalue weighted by Gasteiger charge is -2.02. The Labute approximate surface area is 71.1 Å². The maximum Gasteiger partial charge on any atom is 0.119 e. The van der Waals surface area contributed by atoms with Gasteiger partial charge in [-0.3, -0.25) is 0 Å². The highest BCUT2D eigenvalue weighted by Crippen LogP contribution is 2.10. The smallest absolute Gasteiger partial charge is 0.119 e. The Morgan fingerprint density at radius 2 is 2.00 bits per heavy atom. The molecule has 2 N–H and O–H groups in total. The summed E-state index contributed by atoms with van der Waals surface area (Å²) >= 11 is 0. The molecule has 1 rings (SSSR count). The van der Waals surface area contributed by atoms with Crippen LogP contribution in [0.2, 0.25) is 0 Å². The zero-order valence-corrected chi connectivity index (χ0v) is 6.66. The molecule has 0 bridgehead atoms. The fourth-order valence-corrected chi connectivity index (χ4v) is 0.824. The summed E-state index contributed by atoms with van der Waals surface area (Å²) in [5.74, 6) is 0.717. The van der Waals surface area contributed by atoms with Crippen molar-refractivity contribution in [2.45, 2.75) is 0 Å². The number of aliphatic hydroxyl groups excluding tert-OH is 1. The number of hydrogen-bond acceptors (Lipinski definition) is 3. The van der Waals surface area contributed by atoms with Gasteiger partial charge in [-0.25, -0.2) is 0 Å². The molecule has 0 amide bonds. The molecule has 0 unspecified atom stereocenters. The van der Waals surface area contributed by atoms with Gasteiger partial charge >= 0.3 is 0 Å². The van der Waals surface area contributed by atoms with Crippen LogP contribution in [0.15, 0.2) is 24.3 Å². The Morgan fingerprint density at radius 3 is 2.50 bits per heavy atom. The first-order chi connectivity index (χ1) is 5.86. The van der Waals surface area contributed by atoms with Crippen LogP contribution in [0.25, 0.3) is 0 Å². The van der Waals surface area contributed by atoms with E-state index in [1.165, 1.54) is 6.21 Å². The second-order valence-electron chi connectivity index (χ2n) is 2.29. The van der Waals surface area contributed by atoms with Gasteiger partial charge in [0.1, 0.15) is 12.4 Å². The molecule has 3 nitrogen and oxygen atoms in total. The summed E-state index contributed by atoms with van der Waals surface area (Å²) in [6, 6.07) is 7.13. The first kappa shape index (κ1) is 8.74. The number of ether oxygens (including phenoxy) is 1. The van der Waals surface area contributed by atoms with Crippen LogP contribution in [-0.2, 0) is 0 Å². The van der Waals surface area contributed by atoms with Crippen LogP contribution < -0.4 is 4.74 Å². The number of rotatable bonds is 4. The molecular formula is C9H11NO2. The van der Waals surface area contributed by atoms with E-state index in [1.54, 1.807) is 24.3 Å². The van der Waals surface area contributed by atoms with Crippen LogP contribution in [0.4, 0.5) is 0 Å². The zero-order chi connectivity index (χ0) is 8.81. The van der Waals surface area contributed by atoms with Crippen molar-refractivity contribution in [3.05, 3.63) is 29.8 Å². The fraction of sp³-hybridized carbons (Fsp3) is 0.222. The topological polar surface area (TPSA) is 53.3 Å². The molecule has 1 aromatic carbocycles. The lowest BCUT2D eigenvalue weighted by Crippen LogP contribution is -2.01. The van der Waals surface area contributed by atoms with Gasteiger partial charge in [-0.05, 0) is 29.8 Å². The molecule has 0 heterocycles. The van der Waals surface area contributed by atoms with Crippen molar-refractivity contribution >= 4 is 6.21 Å². The van der Waals surface area contributed by atoms with E-state index < -0.39 is 0 Å². The van der Waals surface area contributed by atoms with E-state index in [-0.39, 0.29) is 6.61 Å². The number of nitrogens with one attached hydrogen (secondary N) is 1. The van der Waals surface area contributed by atoms with E-state index in [9.17, 15) is 0 Å². The SMILES string of the molecule is N=Cc1ccc(OCCO)cc1. The number of aliphatic hydroxyl groups is 1. The van der Waals surface area contributed by atoms with Gasteiger partial charge in [0.15, 0.2) is 0 Å². The molecule has 0 aromatic heterocycles. The van der Waals surface area contributed by atoms with E-state index in [4.69, 9.17) is 15.3 Å². The maximum atomic E-state index is 8.47. The van der Waals surface area contributed by atoms with Crippen LogP contribution in [-0.4, -0.2) is 24.5 Å². The average molecular weight is 165 g/mol. The van der Waals surface area contributed by atoms with Crippen molar-refractivity contribution in [3.8, 4) is 5.75 Å². The van der Waals surface area contributed by atoms with Gasteiger partial charge in [0, 0.05) is 6.21 Å². The van der Waals surface area contributed by atoms with Crippen molar-refractivity contribution in [3.63, 3.8) is 0 Å². The van der Waals surface area contributed by atoms with Gasteiger partial charge in [-0.1, -0.05) is 0 Å². The van der Waals surface area contributed by atoms with Crippen molar-refractivity contribution in [1.29, 1.82) is 5.41 Å². The van der Waals surface area contributed by atoms with Gasteiger partial charge in [0.2, 0.25) is 0 Å². The maximum absolute atomic E-state index is 8.47. The summed E-state index contributed by atoms with van der Waals surface area (Å²) in [5, 5.41) is 15.4. The van der Waals surface area contributed by atoms with Crippen LogP contribution in [0.5, 0.6) is 5.75 Å². The summed E-state index contributed by atoms with van der Waals surface area (Å²) in [6.45, 7) is 0.330. The zero-order valence-electron chi connectivity index (χ0n) is 6.66. The van der Waals surface area contributed by atoms with Gasteiger partial charge in [-0.15, -0.1) is 0 Å². The molecule has 0 fully saturated rings. The predicted molar refractivity (Wildman–Crippen MR) is 46.9 cm³/mol. The molecule has 1 aromatic rings. The minimum atomic E-state index is 0.0202. The van der Waals surface area contributed by atoms with E-state index >= 15 is 0 Å². The van der Waals surface area contributed by atoms with Crippen LogP contribution in [0.3, 0.4) is 0 Å². The molecule has 0 saturated heterocycles. The summed E-state index contributed by atoms with van der Waals surface area (Å²) in [6.07, 6.45) is 1.27. The first-order valence-corrected chi connectivity index (χ1v) is 3.71. The first-order valence-electron chi connectivity index (χ1n) is 3.71. The normalized spacial score (nSPS) is 9.42. The Kier molecular flexibility index (Phi) is 3.29. The Balaban J connectivity index is 2.58. The molecule has 0 spiro atoms. The highest BCUT2D eigenvalue weighted by molar-refractivity contribution is 5.76. The molecule has 0 atom stereocenters. The second-order valence-corrected chi connectivity index (χ2v) is 2.29. The fourth-order valence-electron chi connectivity index (χ4n) is 0.824. The summed E-state index contributed by atoms with van der Waals surface area (Å²) in [4.78, 5) is 0. The number of benzene rings is 1. The molecule has 0 radical (unpaired) electrons. The lowest BCUT2D eigenvalue weighted by atomic mass is 10.2. The van der Waals surface area contributed by atoms with E-state index in [2.05, 4.69) is 0 Å². The average Bonchev–Trinajstić information content (AvgIpc) is 2.15. The van der Waals surface area contributed by atoms with E-state index in [1.807, 2.05) is 0 Å². The molecule has 12 heavy (non-hydrogen) atoms. The lowest BCUT2D eigenvalue weighted by molar-refractivity contribution is 0.201. The highest BCUT2D eigenvalue weighted by Gasteiger charge is 1.91. The van der Waals surface area contributed by atoms with Crippen LogP contribution >= 0.6 is 0 Å². The standard InChI is InChI=1S/C9H11NO2/c10-7-8-1-3-9(4-2-8)12-6-5-11/h1-4,7,10-11H,5-6H2. The van der Waals surface area contributed by atoms with Crippen molar-refractivity contribution in [1.82, 2.24) is 0 Å². The Morgan fingerprint density at radius 1 is 1.33 bits per heavy atom. The van der Waals surface area contributed by atoms with Gasteiger partial charge < -0.3 is 15.3 Å². The quantitative estimate of drug-likeness (QED) is 0.655. The highest BCUT2D eigenvalue weighted by atomic mass is 16.5. The third-order valence-electron chi connectivity index (χ3n) is 1.41. The summed E-state index contributed by atoms with van der Waals surface area (Å²) in [7, 11) is 0. The summed E-state index contributed by atoms with van der Waals surface area (Å²) < 4.78 is 5.13. The van der Waals surface area contributed by atoms with Gasteiger partial charge in [0.25, 0.3) is 0 Å². The molecule has 0 saturated carbocycles.